The van der Waals surface area contributed by atoms with Gasteiger partial charge in [0.2, 0.25) is 0 Å². The fraction of sp³-hybridized carbons (Fsp3) is 0.944. The van der Waals surface area contributed by atoms with Crippen LogP contribution >= 0.6 is 0 Å². The zero-order valence-corrected chi connectivity index (χ0v) is 31.4. The van der Waals surface area contributed by atoms with Crippen LogP contribution in [-0.4, -0.2) is 97.0 Å². The summed E-state index contributed by atoms with van der Waals surface area (Å²) in [4.78, 5) is 0. The Kier molecular flexibility index (Phi) is 11.3. The van der Waals surface area contributed by atoms with E-state index in [1.165, 1.54) is 5.57 Å². The molecular weight excluding hydrogens is 771 g/mol. The minimum atomic E-state index is -1.53. The Bertz CT molecular complexity index is 1110. The number of aliphatic hydroxyl groups is 7. The van der Waals surface area contributed by atoms with Crippen molar-refractivity contribution >= 4 is 0 Å². The van der Waals surface area contributed by atoms with Crippen LogP contribution in [0.15, 0.2) is 11.6 Å². The summed E-state index contributed by atoms with van der Waals surface area (Å²) in [7, 11) is 0. The molecule has 4 aliphatic carbocycles. The second-order valence-corrected chi connectivity index (χ2v) is 17.4. The first-order valence-electron chi connectivity index (χ1n) is 17.4. The predicted octanol–water partition coefficient (Wildman–Crippen LogP) is 3.29. The van der Waals surface area contributed by atoms with Crippen molar-refractivity contribution in [2.24, 2.45) is 45.3 Å². The van der Waals surface area contributed by atoms with E-state index in [9.17, 15) is 35.7 Å². The van der Waals surface area contributed by atoms with Crippen LogP contribution in [0.2, 0.25) is 0 Å². The predicted molar refractivity (Wildman–Crippen MR) is 170 cm³/mol. The summed E-state index contributed by atoms with van der Waals surface area (Å²) in [6.45, 7) is 16.7. The first-order chi connectivity index (χ1) is 20.8. The van der Waals surface area contributed by atoms with E-state index in [4.69, 9.17) is 9.47 Å². The van der Waals surface area contributed by atoms with Gasteiger partial charge in [0.05, 0.1) is 30.5 Å². The average Bonchev–Trinajstić information content (AvgIpc) is 3.33. The molecule has 5 aliphatic rings. The summed E-state index contributed by atoms with van der Waals surface area (Å²) >= 11 is 0. The summed E-state index contributed by atoms with van der Waals surface area (Å²) in [5, 5.41) is 76.9. The van der Waals surface area contributed by atoms with E-state index >= 15 is 0 Å². The molecule has 1 aliphatic heterocycles. The molecule has 0 bridgehead atoms. The van der Waals surface area contributed by atoms with E-state index in [1.54, 1.807) is 0 Å². The van der Waals surface area contributed by atoms with Crippen molar-refractivity contribution < 1.29 is 66.3 Å². The summed E-state index contributed by atoms with van der Waals surface area (Å²) < 4.78 is 12.6. The molecule has 7 N–H and O–H groups in total. The van der Waals surface area contributed by atoms with Gasteiger partial charge in [-0.25, -0.2) is 0 Å². The van der Waals surface area contributed by atoms with E-state index < -0.39 is 66.6 Å². The Hall–Kier alpha value is 0.0683. The molecule has 0 radical (unpaired) electrons. The fourth-order valence-electron chi connectivity index (χ4n) is 12.0. The maximum Gasteiger partial charge on any atom is 4.00 e. The van der Waals surface area contributed by atoms with Crippen LogP contribution in [0.5, 0.6) is 0 Å². The molecule has 5 fully saturated rings. The van der Waals surface area contributed by atoms with Crippen molar-refractivity contribution in [3.05, 3.63) is 11.6 Å². The van der Waals surface area contributed by atoms with Crippen molar-refractivity contribution in [3.8, 4) is 0 Å². The third kappa shape index (κ3) is 5.86. The van der Waals surface area contributed by atoms with Gasteiger partial charge >= 0.3 is 21.1 Å². The van der Waals surface area contributed by atoms with Gasteiger partial charge in [0.15, 0.2) is 6.29 Å². The van der Waals surface area contributed by atoms with Crippen LogP contribution < -0.4 is 0 Å². The van der Waals surface area contributed by atoms with Gasteiger partial charge in [-0.05, 0) is 117 Å². The van der Waals surface area contributed by atoms with Crippen LogP contribution in [0.1, 0.15) is 107 Å². The second-order valence-electron chi connectivity index (χ2n) is 17.4. The minimum Gasteiger partial charge on any atom is -0.394 e. The van der Waals surface area contributed by atoms with Crippen LogP contribution in [0.25, 0.3) is 0 Å². The van der Waals surface area contributed by atoms with Crippen LogP contribution in [0.3, 0.4) is 0 Å². The fourth-order valence-corrected chi connectivity index (χ4v) is 12.0. The quantitative estimate of drug-likeness (QED) is 0.191. The molecule has 0 aromatic rings. The molecule has 1 heterocycles. The van der Waals surface area contributed by atoms with Crippen molar-refractivity contribution in [3.63, 3.8) is 0 Å². The molecule has 0 spiro atoms. The molecule has 16 atom stereocenters. The average molecular weight is 834 g/mol. The molecular formula is C36H62O9Pt+4. The largest absolute Gasteiger partial charge is 4.00 e. The van der Waals surface area contributed by atoms with Crippen LogP contribution in [0, 0.1) is 45.3 Å². The number of hydrogen-bond donors (Lipinski definition) is 7. The Morgan fingerprint density at radius 3 is 2.15 bits per heavy atom. The van der Waals surface area contributed by atoms with Gasteiger partial charge in [0, 0.05) is 0 Å². The maximum absolute atomic E-state index is 12.2. The summed E-state index contributed by atoms with van der Waals surface area (Å²) in [6.07, 6.45) is -0.678. The molecule has 5 rings (SSSR count). The zero-order chi connectivity index (χ0) is 33.5. The van der Waals surface area contributed by atoms with E-state index in [0.717, 1.165) is 19.3 Å². The van der Waals surface area contributed by atoms with Gasteiger partial charge in [0.1, 0.15) is 24.4 Å². The van der Waals surface area contributed by atoms with E-state index in [0.29, 0.717) is 32.1 Å². The standard InChI is InChI=1S/C36H62O9.Pt/c1-19(2)10-9-13-36(8,45-31-29(43)28(42)27(41)23(18-37)44-31)20-11-15-34(6)26(20)21(38)16-24-33(5)14-12-25(40)32(3,4)30(33)22(39)17-35(24,34)7;/h10,20-31,37-43H,9,11-18H2,1-8H3;/q;+4/t20-,21+,22-,23+,24+,25-,26-,27+,28-,29+,30-,31-,33+,34+,35+,36-;/m0./s1. The third-order valence-electron chi connectivity index (χ3n) is 14.5. The Labute approximate surface area is 290 Å². The van der Waals surface area contributed by atoms with Crippen LogP contribution in [0.4, 0.5) is 0 Å². The van der Waals surface area contributed by atoms with E-state index in [2.05, 4.69) is 40.7 Å². The normalized spacial score (nSPS) is 51.1. The van der Waals surface area contributed by atoms with Gasteiger partial charge < -0.3 is 45.2 Å². The summed E-state index contributed by atoms with van der Waals surface area (Å²) in [6, 6.07) is 0. The van der Waals surface area contributed by atoms with Crippen molar-refractivity contribution in [1.29, 1.82) is 0 Å². The number of hydrogen-bond acceptors (Lipinski definition) is 9. The second kappa shape index (κ2) is 13.3. The molecule has 0 aromatic carbocycles. The molecule has 0 unspecified atom stereocenters. The Morgan fingerprint density at radius 1 is 0.891 bits per heavy atom. The first kappa shape index (κ1) is 38.9. The molecule has 10 heteroatoms. The maximum atomic E-state index is 12.2. The molecule has 9 nitrogen and oxygen atoms in total. The number of fused-ring (bicyclic) bond motifs is 5. The molecule has 266 valence electrons. The smallest absolute Gasteiger partial charge is 0.394 e. The number of rotatable bonds is 7. The van der Waals surface area contributed by atoms with Crippen molar-refractivity contribution in [1.82, 2.24) is 0 Å². The number of aliphatic hydroxyl groups excluding tert-OH is 7. The SMILES string of the molecule is CC(C)=CCC[C@](C)(O[C@@H]1O[C@H](CO)[C@@H](O)[C@H](O)[C@H]1O)[C@H]1CC[C@]2(C)[C@@H]1[C@H](O)C[C@@H]1[C@@]3(C)CC[C@H](O)C(C)(C)[C@@H]3[C@@H](O)C[C@]12C.[Pt+4]. The monoisotopic (exact) mass is 833 g/mol. The van der Waals surface area contributed by atoms with E-state index in [1.807, 2.05) is 20.8 Å². The molecule has 0 aromatic heterocycles. The molecule has 4 saturated carbocycles. The van der Waals surface area contributed by atoms with Gasteiger partial charge in [-0.1, -0.05) is 46.3 Å². The summed E-state index contributed by atoms with van der Waals surface area (Å²) in [5.41, 5.74) is -0.944. The zero-order valence-electron chi connectivity index (χ0n) is 29.1. The number of ether oxygens (including phenoxy) is 2. The van der Waals surface area contributed by atoms with Gasteiger partial charge in [0.25, 0.3) is 0 Å². The first-order valence-corrected chi connectivity index (χ1v) is 17.4. The molecule has 1 saturated heterocycles. The topological polar surface area (TPSA) is 160 Å². The van der Waals surface area contributed by atoms with Crippen molar-refractivity contribution in [2.45, 2.75) is 161 Å². The Morgan fingerprint density at radius 2 is 1.54 bits per heavy atom. The van der Waals surface area contributed by atoms with Crippen molar-refractivity contribution in [2.75, 3.05) is 6.61 Å². The van der Waals surface area contributed by atoms with Crippen LogP contribution in [-0.2, 0) is 30.5 Å². The molecule has 0 amide bonds. The van der Waals surface area contributed by atoms with Gasteiger partial charge in [-0.3, -0.25) is 0 Å². The third-order valence-corrected chi connectivity index (χ3v) is 14.5. The molecule has 46 heavy (non-hydrogen) atoms. The Balaban J connectivity index is 0.00000480. The number of allylic oxidation sites excluding steroid dienone is 2. The summed E-state index contributed by atoms with van der Waals surface area (Å²) in [5.74, 6) is -0.154. The van der Waals surface area contributed by atoms with E-state index in [-0.39, 0.29) is 61.0 Å². The minimum absolute atomic E-state index is 0. The van der Waals surface area contributed by atoms with Gasteiger partial charge in [-0.15, -0.1) is 0 Å². The van der Waals surface area contributed by atoms with Gasteiger partial charge in [-0.2, -0.15) is 0 Å².